The Morgan fingerprint density at radius 3 is 2.68 bits per heavy atom. The summed E-state index contributed by atoms with van der Waals surface area (Å²) in [7, 11) is 0. The van der Waals surface area contributed by atoms with Gasteiger partial charge in [0.05, 0.1) is 11.5 Å². The Hall–Kier alpha value is -4.20. The lowest BCUT2D eigenvalue weighted by Crippen LogP contribution is -2.12. The summed E-state index contributed by atoms with van der Waals surface area (Å²) in [6.07, 6.45) is 0.563. The molecule has 1 amide bonds. The summed E-state index contributed by atoms with van der Waals surface area (Å²) in [5.74, 6) is 0.226. The van der Waals surface area contributed by atoms with Gasteiger partial charge in [-0.2, -0.15) is 0 Å². The molecule has 8 heteroatoms. The van der Waals surface area contributed by atoms with Gasteiger partial charge in [0.2, 0.25) is 0 Å². The molecular formula is C23H19N3O5. The zero-order valence-electron chi connectivity index (χ0n) is 16.7. The third-order valence-corrected chi connectivity index (χ3v) is 4.61. The Labute approximate surface area is 177 Å². The number of hydrogen-bond donors (Lipinski definition) is 1. The van der Waals surface area contributed by atoms with Crippen LogP contribution in [0.5, 0.6) is 5.75 Å². The summed E-state index contributed by atoms with van der Waals surface area (Å²) in [4.78, 5) is 27.8. The van der Waals surface area contributed by atoms with Crippen molar-refractivity contribution in [2.75, 3.05) is 11.9 Å². The Morgan fingerprint density at radius 1 is 1.13 bits per heavy atom. The molecule has 0 saturated carbocycles. The van der Waals surface area contributed by atoms with Crippen LogP contribution in [0.15, 0.2) is 71.1 Å². The number of nitro groups is 1. The normalized spacial score (nSPS) is 10.7. The lowest BCUT2D eigenvalue weighted by molar-refractivity contribution is -0.385. The van der Waals surface area contributed by atoms with Crippen LogP contribution in [0.3, 0.4) is 0 Å². The van der Waals surface area contributed by atoms with Crippen LogP contribution in [0, 0.1) is 10.1 Å². The molecule has 156 valence electrons. The van der Waals surface area contributed by atoms with Gasteiger partial charge in [0.15, 0.2) is 17.2 Å². The van der Waals surface area contributed by atoms with E-state index in [1.165, 1.54) is 18.2 Å². The van der Waals surface area contributed by atoms with Crippen molar-refractivity contribution in [3.05, 3.63) is 93.9 Å². The van der Waals surface area contributed by atoms with Gasteiger partial charge in [-0.3, -0.25) is 14.9 Å². The minimum atomic E-state index is -0.572. The molecule has 4 rings (SSSR count). The van der Waals surface area contributed by atoms with E-state index in [1.807, 2.05) is 30.3 Å². The second-order valence-electron chi connectivity index (χ2n) is 6.78. The van der Waals surface area contributed by atoms with Crippen LogP contribution in [0.4, 0.5) is 11.4 Å². The molecule has 0 unspecified atom stereocenters. The van der Waals surface area contributed by atoms with Crippen molar-refractivity contribution >= 4 is 28.4 Å². The summed E-state index contributed by atoms with van der Waals surface area (Å²) < 4.78 is 11.0. The quantitative estimate of drug-likeness (QED) is 0.336. The first-order valence-electron chi connectivity index (χ1n) is 9.69. The van der Waals surface area contributed by atoms with Crippen molar-refractivity contribution in [3.8, 4) is 5.75 Å². The number of hydrogen-bond acceptors (Lipinski definition) is 6. The first-order chi connectivity index (χ1) is 15.0. The van der Waals surface area contributed by atoms with E-state index in [4.69, 9.17) is 9.15 Å². The standard InChI is InChI=1S/C23H19N3O5/c1-2-30-21-10-8-16(13-19(21)26(28)29)23(27)24-17-9-11-20-18(14-17)25-22(31-20)12-15-6-4-3-5-7-15/h3-11,13-14H,2,12H2,1H3,(H,24,27). The molecule has 0 aliphatic rings. The monoisotopic (exact) mass is 417 g/mol. The number of fused-ring (bicyclic) bond motifs is 1. The van der Waals surface area contributed by atoms with Crippen molar-refractivity contribution in [1.82, 2.24) is 4.98 Å². The molecule has 0 atom stereocenters. The SMILES string of the molecule is CCOc1ccc(C(=O)Nc2ccc3oc(Cc4ccccc4)nc3c2)cc1[N+](=O)[O-]. The fourth-order valence-corrected chi connectivity index (χ4v) is 3.18. The molecule has 0 saturated heterocycles. The maximum atomic E-state index is 12.6. The maximum absolute atomic E-state index is 12.6. The highest BCUT2D eigenvalue weighted by molar-refractivity contribution is 6.05. The van der Waals surface area contributed by atoms with E-state index in [1.54, 1.807) is 25.1 Å². The van der Waals surface area contributed by atoms with Crippen LogP contribution in [-0.2, 0) is 6.42 Å². The van der Waals surface area contributed by atoms with E-state index >= 15 is 0 Å². The predicted octanol–water partition coefficient (Wildman–Crippen LogP) is 4.98. The Balaban J connectivity index is 1.53. The summed E-state index contributed by atoms with van der Waals surface area (Å²) in [6.45, 7) is 2.02. The van der Waals surface area contributed by atoms with Crippen molar-refractivity contribution in [2.45, 2.75) is 13.3 Å². The molecule has 0 aliphatic carbocycles. The molecule has 1 N–H and O–H groups in total. The molecule has 31 heavy (non-hydrogen) atoms. The second-order valence-corrected chi connectivity index (χ2v) is 6.78. The third-order valence-electron chi connectivity index (χ3n) is 4.61. The smallest absolute Gasteiger partial charge is 0.311 e. The number of ether oxygens (including phenoxy) is 1. The summed E-state index contributed by atoms with van der Waals surface area (Å²) >= 11 is 0. The van der Waals surface area contributed by atoms with Gasteiger partial charge in [0, 0.05) is 23.7 Å². The molecule has 0 radical (unpaired) electrons. The number of nitrogens with zero attached hydrogens (tertiary/aromatic N) is 2. The van der Waals surface area contributed by atoms with E-state index in [0.29, 0.717) is 29.1 Å². The lowest BCUT2D eigenvalue weighted by Gasteiger charge is -2.07. The molecule has 0 aliphatic heterocycles. The molecule has 8 nitrogen and oxygen atoms in total. The number of nitrogens with one attached hydrogen (secondary N) is 1. The zero-order valence-corrected chi connectivity index (χ0v) is 16.7. The predicted molar refractivity (Wildman–Crippen MR) is 115 cm³/mol. The van der Waals surface area contributed by atoms with Crippen LogP contribution in [-0.4, -0.2) is 22.4 Å². The molecule has 1 heterocycles. The van der Waals surface area contributed by atoms with Gasteiger partial charge in [-0.15, -0.1) is 0 Å². The zero-order chi connectivity index (χ0) is 21.8. The van der Waals surface area contributed by atoms with Gasteiger partial charge in [-0.25, -0.2) is 4.98 Å². The Morgan fingerprint density at radius 2 is 1.94 bits per heavy atom. The molecule has 4 aromatic rings. The number of aromatic nitrogens is 1. The number of benzene rings is 3. The van der Waals surface area contributed by atoms with Crippen LogP contribution < -0.4 is 10.1 Å². The minimum absolute atomic E-state index is 0.124. The van der Waals surface area contributed by atoms with Gasteiger partial charge < -0.3 is 14.5 Å². The fraction of sp³-hybridized carbons (Fsp3) is 0.130. The number of amides is 1. The van der Waals surface area contributed by atoms with E-state index < -0.39 is 10.8 Å². The average molecular weight is 417 g/mol. The lowest BCUT2D eigenvalue weighted by atomic mass is 10.1. The van der Waals surface area contributed by atoms with Gasteiger partial charge in [0.1, 0.15) is 5.52 Å². The highest BCUT2D eigenvalue weighted by atomic mass is 16.6. The summed E-state index contributed by atoms with van der Waals surface area (Å²) in [5.41, 5.74) is 2.71. The van der Waals surface area contributed by atoms with Crippen molar-refractivity contribution in [1.29, 1.82) is 0 Å². The van der Waals surface area contributed by atoms with Crippen LogP contribution in [0.25, 0.3) is 11.1 Å². The average Bonchev–Trinajstić information content (AvgIpc) is 3.16. The first-order valence-corrected chi connectivity index (χ1v) is 9.69. The summed E-state index contributed by atoms with van der Waals surface area (Å²) in [6, 6.07) is 19.1. The van der Waals surface area contributed by atoms with E-state index in [0.717, 1.165) is 5.56 Å². The number of rotatable bonds is 7. The Kier molecular flexibility index (Phi) is 5.61. The maximum Gasteiger partial charge on any atom is 0.311 e. The van der Waals surface area contributed by atoms with Crippen LogP contribution >= 0.6 is 0 Å². The number of anilines is 1. The van der Waals surface area contributed by atoms with Crippen LogP contribution in [0.2, 0.25) is 0 Å². The molecule has 1 aromatic heterocycles. The highest BCUT2D eigenvalue weighted by Gasteiger charge is 2.19. The molecule has 0 bridgehead atoms. The molecule has 0 spiro atoms. The third kappa shape index (κ3) is 4.53. The largest absolute Gasteiger partial charge is 0.487 e. The molecular weight excluding hydrogens is 398 g/mol. The fourth-order valence-electron chi connectivity index (χ4n) is 3.18. The first kappa shape index (κ1) is 20.1. The van der Waals surface area contributed by atoms with Gasteiger partial charge in [-0.05, 0) is 42.8 Å². The molecule has 0 fully saturated rings. The topological polar surface area (TPSA) is 108 Å². The van der Waals surface area contributed by atoms with Gasteiger partial charge >= 0.3 is 5.69 Å². The van der Waals surface area contributed by atoms with Crippen molar-refractivity contribution in [2.24, 2.45) is 0 Å². The van der Waals surface area contributed by atoms with Gasteiger partial charge in [-0.1, -0.05) is 30.3 Å². The highest BCUT2D eigenvalue weighted by Crippen LogP contribution is 2.28. The van der Waals surface area contributed by atoms with E-state index in [9.17, 15) is 14.9 Å². The number of carbonyl (C=O) groups excluding carboxylic acids is 1. The Bertz CT molecular complexity index is 1250. The van der Waals surface area contributed by atoms with Gasteiger partial charge in [0.25, 0.3) is 5.91 Å². The number of oxazole rings is 1. The van der Waals surface area contributed by atoms with Crippen molar-refractivity contribution in [3.63, 3.8) is 0 Å². The molecule has 3 aromatic carbocycles. The summed E-state index contributed by atoms with van der Waals surface area (Å²) in [5, 5.41) is 14.0. The van der Waals surface area contributed by atoms with E-state index in [-0.39, 0.29) is 23.6 Å². The van der Waals surface area contributed by atoms with Crippen LogP contribution in [0.1, 0.15) is 28.7 Å². The number of carbonyl (C=O) groups is 1. The van der Waals surface area contributed by atoms with Crippen molar-refractivity contribution < 1.29 is 18.9 Å². The second kappa shape index (κ2) is 8.66. The minimum Gasteiger partial charge on any atom is -0.487 e. The number of nitro benzene ring substituents is 1. The van der Waals surface area contributed by atoms with E-state index in [2.05, 4.69) is 10.3 Å².